The van der Waals surface area contributed by atoms with Gasteiger partial charge in [-0.3, -0.25) is 4.79 Å². The minimum Gasteiger partial charge on any atom is -0.457 e. The molecule has 0 spiro atoms. The van der Waals surface area contributed by atoms with Gasteiger partial charge in [-0.1, -0.05) is 173 Å². The summed E-state index contributed by atoms with van der Waals surface area (Å²) in [5.74, 6) is -0.317. The molecule has 1 aliphatic heterocycles. The Hall–Kier alpha value is -1.33. The largest absolute Gasteiger partial charge is 0.457 e. The van der Waals surface area contributed by atoms with Gasteiger partial charge in [-0.2, -0.15) is 0 Å². The second-order valence-electron chi connectivity index (χ2n) is 15.9. The summed E-state index contributed by atoms with van der Waals surface area (Å²) in [5, 5.41) is 40.0. The van der Waals surface area contributed by atoms with Crippen LogP contribution in [0, 0.1) is 0 Å². The number of allylic oxidation sites excluding steroid dienone is 4. The minimum absolute atomic E-state index is 0.110. The molecule has 0 aromatic carbocycles. The maximum Gasteiger partial charge on any atom is 0.306 e. The Kier molecular flexibility index (Phi) is 35.9. The Morgan fingerprint density at radius 2 is 1.05 bits per heavy atom. The Morgan fingerprint density at radius 1 is 0.582 bits per heavy atom. The predicted molar refractivity (Wildman–Crippen MR) is 224 cm³/mol. The van der Waals surface area contributed by atoms with Gasteiger partial charge in [-0.25, -0.2) is 0 Å². The maximum atomic E-state index is 12.7. The number of aliphatic hydroxyl groups is 4. The lowest BCUT2D eigenvalue weighted by molar-refractivity contribution is -0.305. The number of carbonyl (C=O) groups excluding carboxylic acids is 1. The van der Waals surface area contributed by atoms with Crippen LogP contribution in [0.3, 0.4) is 0 Å². The molecule has 9 heteroatoms. The van der Waals surface area contributed by atoms with E-state index in [1.54, 1.807) is 0 Å². The maximum absolute atomic E-state index is 12.7. The summed E-state index contributed by atoms with van der Waals surface area (Å²) in [6.07, 6.45) is 36.6. The van der Waals surface area contributed by atoms with Crippen molar-refractivity contribution >= 4 is 5.97 Å². The number of esters is 1. The highest BCUT2D eigenvalue weighted by Crippen LogP contribution is 2.22. The molecular formula is C46H86O9. The predicted octanol–water partition coefficient (Wildman–Crippen LogP) is 10.2. The van der Waals surface area contributed by atoms with Crippen molar-refractivity contribution in [2.75, 3.05) is 26.4 Å². The van der Waals surface area contributed by atoms with Crippen molar-refractivity contribution in [1.29, 1.82) is 0 Å². The highest BCUT2D eigenvalue weighted by molar-refractivity contribution is 5.69. The van der Waals surface area contributed by atoms with Crippen LogP contribution < -0.4 is 0 Å². The monoisotopic (exact) mass is 783 g/mol. The first-order valence-corrected chi connectivity index (χ1v) is 22.9. The molecule has 0 bridgehead atoms. The Bertz CT molecular complexity index is 895. The van der Waals surface area contributed by atoms with Gasteiger partial charge in [0.2, 0.25) is 0 Å². The highest BCUT2D eigenvalue weighted by Gasteiger charge is 2.44. The van der Waals surface area contributed by atoms with Crippen LogP contribution in [0.1, 0.15) is 200 Å². The lowest BCUT2D eigenvalue weighted by atomic mass is 9.99. The third-order valence-corrected chi connectivity index (χ3v) is 10.6. The van der Waals surface area contributed by atoms with Crippen molar-refractivity contribution in [2.24, 2.45) is 0 Å². The van der Waals surface area contributed by atoms with Crippen molar-refractivity contribution in [3.05, 3.63) is 24.3 Å². The molecule has 1 saturated heterocycles. The summed E-state index contributed by atoms with van der Waals surface area (Å²) in [6, 6.07) is 0. The molecule has 1 rings (SSSR count). The van der Waals surface area contributed by atoms with Crippen LogP contribution in [0.25, 0.3) is 0 Å². The molecule has 1 aliphatic rings. The van der Waals surface area contributed by atoms with E-state index in [0.29, 0.717) is 13.0 Å². The molecule has 0 aliphatic carbocycles. The van der Waals surface area contributed by atoms with Crippen molar-refractivity contribution in [3.63, 3.8) is 0 Å². The van der Waals surface area contributed by atoms with Crippen molar-refractivity contribution in [1.82, 2.24) is 0 Å². The zero-order chi connectivity index (χ0) is 40.0. The summed E-state index contributed by atoms with van der Waals surface area (Å²) in [7, 11) is 0. The van der Waals surface area contributed by atoms with Crippen LogP contribution in [0.2, 0.25) is 0 Å². The van der Waals surface area contributed by atoms with Gasteiger partial charge in [0, 0.05) is 13.0 Å². The van der Waals surface area contributed by atoms with Gasteiger partial charge < -0.3 is 39.4 Å². The fraction of sp³-hybridized carbons (Fsp3) is 0.891. The summed E-state index contributed by atoms with van der Waals surface area (Å²) < 4.78 is 22.7. The van der Waals surface area contributed by atoms with Crippen molar-refractivity contribution in [3.8, 4) is 0 Å². The third kappa shape index (κ3) is 29.5. The zero-order valence-electron chi connectivity index (χ0n) is 35.4. The SMILES string of the molecule is CCCCCCC/C=C\C/C=C\CCCCCCCCCCCCCCOCC(COC1OC(CO)C(O)C(O)C1O)OC(=O)CCCCCCCCCC. The molecule has 0 amide bonds. The number of aliphatic hydroxyl groups excluding tert-OH is 4. The average Bonchev–Trinajstić information content (AvgIpc) is 3.18. The van der Waals surface area contributed by atoms with Gasteiger partial charge in [0.25, 0.3) is 0 Å². The van der Waals surface area contributed by atoms with Gasteiger partial charge in [-0.15, -0.1) is 0 Å². The minimum atomic E-state index is -1.53. The molecule has 324 valence electrons. The first-order chi connectivity index (χ1) is 26.9. The quantitative estimate of drug-likeness (QED) is 0.0273. The van der Waals surface area contributed by atoms with Crippen molar-refractivity contribution in [2.45, 2.75) is 237 Å². The van der Waals surface area contributed by atoms with Crippen LogP contribution in [0.4, 0.5) is 0 Å². The molecule has 6 unspecified atom stereocenters. The fourth-order valence-electron chi connectivity index (χ4n) is 6.99. The molecule has 1 heterocycles. The van der Waals surface area contributed by atoms with E-state index in [4.69, 9.17) is 18.9 Å². The van der Waals surface area contributed by atoms with Gasteiger partial charge >= 0.3 is 5.97 Å². The van der Waals surface area contributed by atoms with E-state index in [9.17, 15) is 25.2 Å². The molecule has 4 N–H and O–H groups in total. The number of rotatable bonds is 39. The van der Waals surface area contributed by atoms with Crippen LogP contribution >= 0.6 is 0 Å². The van der Waals surface area contributed by atoms with E-state index < -0.39 is 43.4 Å². The van der Waals surface area contributed by atoms with E-state index in [0.717, 1.165) is 38.5 Å². The molecule has 0 saturated carbocycles. The zero-order valence-corrected chi connectivity index (χ0v) is 35.4. The van der Waals surface area contributed by atoms with Crippen LogP contribution in [-0.4, -0.2) is 89.6 Å². The summed E-state index contributed by atoms with van der Waals surface area (Å²) in [4.78, 5) is 12.7. The summed E-state index contributed by atoms with van der Waals surface area (Å²) in [6.45, 7) is 4.53. The topological polar surface area (TPSA) is 135 Å². The Morgan fingerprint density at radius 3 is 1.56 bits per heavy atom. The van der Waals surface area contributed by atoms with Gasteiger partial charge in [-0.05, 0) is 44.9 Å². The van der Waals surface area contributed by atoms with E-state index in [1.165, 1.54) is 141 Å². The van der Waals surface area contributed by atoms with E-state index in [2.05, 4.69) is 38.2 Å². The fourth-order valence-corrected chi connectivity index (χ4v) is 6.99. The van der Waals surface area contributed by atoms with Gasteiger partial charge in [0.15, 0.2) is 6.29 Å². The molecule has 0 aromatic heterocycles. The normalized spacial score (nSPS) is 20.9. The number of unbranched alkanes of at least 4 members (excludes halogenated alkanes) is 24. The average molecular weight is 783 g/mol. The number of hydrogen-bond donors (Lipinski definition) is 4. The molecule has 6 atom stereocenters. The molecule has 55 heavy (non-hydrogen) atoms. The third-order valence-electron chi connectivity index (χ3n) is 10.6. The van der Waals surface area contributed by atoms with Crippen LogP contribution in [0.15, 0.2) is 24.3 Å². The second kappa shape index (κ2) is 38.2. The van der Waals surface area contributed by atoms with Crippen LogP contribution in [-0.2, 0) is 23.7 Å². The Balaban J connectivity index is 2.14. The van der Waals surface area contributed by atoms with Crippen LogP contribution in [0.5, 0.6) is 0 Å². The van der Waals surface area contributed by atoms with Gasteiger partial charge in [0.1, 0.15) is 30.5 Å². The van der Waals surface area contributed by atoms with E-state index in [-0.39, 0.29) is 19.2 Å². The molecule has 9 nitrogen and oxygen atoms in total. The molecule has 0 aromatic rings. The summed E-state index contributed by atoms with van der Waals surface area (Å²) >= 11 is 0. The molecule has 1 fully saturated rings. The number of hydrogen-bond acceptors (Lipinski definition) is 9. The standard InChI is InChI=1S/C46H86O9/c1-3-5-7-9-11-13-14-15-16-17-18-19-20-21-22-23-24-25-26-27-28-30-32-34-36-52-38-40(54-42(48)35-33-31-29-12-10-8-6-4-2)39-53-46-45(51)44(50)43(49)41(37-47)55-46/h14-15,17-18,40-41,43-47,49-51H,3-13,16,19-39H2,1-2H3/b15-14-,18-17-. The number of ether oxygens (including phenoxy) is 4. The number of carbonyl (C=O) groups is 1. The smallest absolute Gasteiger partial charge is 0.306 e. The lowest BCUT2D eigenvalue weighted by Gasteiger charge is -2.39. The first kappa shape index (κ1) is 51.7. The second-order valence-corrected chi connectivity index (χ2v) is 15.9. The highest BCUT2D eigenvalue weighted by atomic mass is 16.7. The van der Waals surface area contributed by atoms with Gasteiger partial charge in [0.05, 0.1) is 19.8 Å². The lowest BCUT2D eigenvalue weighted by Crippen LogP contribution is -2.59. The molecule has 0 radical (unpaired) electrons. The first-order valence-electron chi connectivity index (χ1n) is 22.9. The van der Waals surface area contributed by atoms with E-state index in [1.807, 2.05) is 0 Å². The van der Waals surface area contributed by atoms with Crippen molar-refractivity contribution < 1.29 is 44.2 Å². The summed E-state index contributed by atoms with van der Waals surface area (Å²) in [5.41, 5.74) is 0. The molecular weight excluding hydrogens is 696 g/mol. The Labute approximate surface area is 337 Å². The van der Waals surface area contributed by atoms with E-state index >= 15 is 0 Å².